The maximum absolute atomic E-state index is 12.9. The van der Waals surface area contributed by atoms with Crippen molar-refractivity contribution in [2.75, 3.05) is 5.73 Å². The molecule has 1 aromatic heterocycles. The van der Waals surface area contributed by atoms with Crippen LogP contribution in [-0.2, 0) is 7.05 Å². The van der Waals surface area contributed by atoms with Crippen LogP contribution < -0.4 is 5.73 Å². The Kier molecular flexibility index (Phi) is 2.68. The van der Waals surface area contributed by atoms with Crippen LogP contribution in [0.25, 0.3) is 12.2 Å². The number of nitrogens with zero attached hydrogens (tertiary/aromatic N) is 3. The van der Waals surface area contributed by atoms with E-state index in [4.69, 9.17) is 5.73 Å². The summed E-state index contributed by atoms with van der Waals surface area (Å²) in [5, 5.41) is 7.57. The van der Waals surface area contributed by atoms with Crippen molar-refractivity contribution >= 4 is 18.1 Å². The molecule has 0 amide bonds. The molecule has 0 aliphatic carbocycles. The van der Waals surface area contributed by atoms with Gasteiger partial charge in [-0.15, -0.1) is 10.2 Å². The van der Waals surface area contributed by atoms with E-state index in [1.54, 1.807) is 35.9 Å². The van der Waals surface area contributed by atoms with E-state index in [2.05, 4.69) is 10.2 Å². The van der Waals surface area contributed by atoms with Crippen molar-refractivity contribution in [2.24, 2.45) is 7.05 Å². The molecule has 1 aromatic carbocycles. The van der Waals surface area contributed by atoms with Crippen LogP contribution in [0.1, 0.15) is 11.4 Å². The number of hydrogen-bond donors (Lipinski definition) is 1. The molecule has 0 saturated carbocycles. The van der Waals surface area contributed by atoms with Crippen LogP contribution in [-0.4, -0.2) is 14.8 Å². The van der Waals surface area contributed by atoms with Gasteiger partial charge < -0.3 is 5.73 Å². The van der Waals surface area contributed by atoms with Gasteiger partial charge in [-0.25, -0.2) is 4.39 Å². The molecular formula is C11H11FN4. The molecule has 0 radical (unpaired) electrons. The summed E-state index contributed by atoms with van der Waals surface area (Å²) in [5.74, 6) is 0.709. The summed E-state index contributed by atoms with van der Waals surface area (Å²) < 4.78 is 14.5. The lowest BCUT2D eigenvalue weighted by Crippen LogP contribution is -1.98. The average molecular weight is 218 g/mol. The second-order valence-electron chi connectivity index (χ2n) is 3.36. The van der Waals surface area contributed by atoms with Crippen LogP contribution >= 0.6 is 0 Å². The van der Waals surface area contributed by atoms with Gasteiger partial charge in [-0.3, -0.25) is 4.57 Å². The highest BCUT2D eigenvalue weighted by molar-refractivity contribution is 5.67. The Balaban J connectivity index is 2.24. The fraction of sp³-hybridized carbons (Fsp3) is 0.0909. The number of anilines is 1. The highest BCUT2D eigenvalue weighted by Gasteiger charge is 2.00. The molecule has 0 aliphatic rings. The summed E-state index contributed by atoms with van der Waals surface area (Å²) in [4.78, 5) is 0. The zero-order valence-electron chi connectivity index (χ0n) is 8.76. The fourth-order valence-corrected chi connectivity index (χ4v) is 1.28. The Morgan fingerprint density at radius 3 is 2.75 bits per heavy atom. The summed E-state index contributed by atoms with van der Waals surface area (Å²) in [7, 11) is 1.76. The van der Waals surface area contributed by atoms with E-state index in [1.165, 1.54) is 12.1 Å². The van der Waals surface area contributed by atoms with E-state index >= 15 is 0 Å². The molecular weight excluding hydrogens is 207 g/mol. The number of rotatable bonds is 2. The molecule has 2 aromatic rings. The maximum Gasteiger partial charge on any atom is 0.221 e. The van der Waals surface area contributed by atoms with E-state index in [1.807, 2.05) is 0 Å². The Labute approximate surface area is 92.2 Å². The Hall–Kier alpha value is -2.17. The zero-order chi connectivity index (χ0) is 11.5. The number of aromatic nitrogens is 3. The summed E-state index contributed by atoms with van der Waals surface area (Å²) in [6.45, 7) is 0. The van der Waals surface area contributed by atoms with Gasteiger partial charge in [-0.1, -0.05) is 18.2 Å². The molecule has 2 rings (SSSR count). The topological polar surface area (TPSA) is 56.7 Å². The van der Waals surface area contributed by atoms with Crippen LogP contribution in [0.2, 0.25) is 0 Å². The minimum absolute atomic E-state index is 0.264. The molecule has 0 unspecified atom stereocenters. The van der Waals surface area contributed by atoms with E-state index in [0.29, 0.717) is 11.8 Å². The molecule has 0 saturated heterocycles. The second kappa shape index (κ2) is 4.14. The molecule has 5 heteroatoms. The third-order valence-corrected chi connectivity index (χ3v) is 2.22. The van der Waals surface area contributed by atoms with E-state index in [9.17, 15) is 4.39 Å². The number of benzene rings is 1. The van der Waals surface area contributed by atoms with Crippen molar-refractivity contribution in [1.29, 1.82) is 0 Å². The van der Waals surface area contributed by atoms with Crippen molar-refractivity contribution < 1.29 is 4.39 Å². The lowest BCUT2D eigenvalue weighted by atomic mass is 10.2. The highest BCUT2D eigenvalue weighted by Crippen LogP contribution is 2.09. The van der Waals surface area contributed by atoms with Crippen LogP contribution in [0.15, 0.2) is 24.3 Å². The van der Waals surface area contributed by atoms with E-state index < -0.39 is 0 Å². The molecule has 0 aliphatic heterocycles. The summed E-state index contributed by atoms with van der Waals surface area (Å²) >= 11 is 0. The Morgan fingerprint density at radius 1 is 1.31 bits per heavy atom. The third-order valence-electron chi connectivity index (χ3n) is 2.22. The first kappa shape index (κ1) is 10.4. The molecule has 0 atom stereocenters. The lowest BCUT2D eigenvalue weighted by Gasteiger charge is -1.95. The normalized spacial score (nSPS) is 11.1. The van der Waals surface area contributed by atoms with Crippen LogP contribution in [0, 0.1) is 5.82 Å². The van der Waals surface area contributed by atoms with Gasteiger partial charge in [0, 0.05) is 7.05 Å². The highest BCUT2D eigenvalue weighted by atomic mass is 19.1. The minimum atomic E-state index is -0.264. The maximum atomic E-state index is 12.9. The largest absolute Gasteiger partial charge is 0.368 e. The first-order chi connectivity index (χ1) is 7.66. The van der Waals surface area contributed by atoms with Gasteiger partial charge in [0.2, 0.25) is 5.95 Å². The number of halogens is 1. The Morgan fingerprint density at radius 2 is 2.12 bits per heavy atom. The van der Waals surface area contributed by atoms with E-state index in [0.717, 1.165) is 5.56 Å². The van der Waals surface area contributed by atoms with Gasteiger partial charge in [-0.2, -0.15) is 0 Å². The SMILES string of the molecule is Cn1c(N)nnc1/C=C/c1cccc(F)c1. The Bertz CT molecular complexity index is 531. The zero-order valence-corrected chi connectivity index (χ0v) is 8.76. The molecule has 1 heterocycles. The van der Waals surface area contributed by atoms with Gasteiger partial charge >= 0.3 is 0 Å². The number of hydrogen-bond acceptors (Lipinski definition) is 3. The molecule has 0 spiro atoms. The molecule has 4 nitrogen and oxygen atoms in total. The summed E-state index contributed by atoms with van der Waals surface area (Å²) in [6, 6.07) is 6.30. The fourth-order valence-electron chi connectivity index (χ4n) is 1.28. The van der Waals surface area contributed by atoms with Crippen molar-refractivity contribution in [1.82, 2.24) is 14.8 Å². The van der Waals surface area contributed by atoms with Gasteiger partial charge in [0.25, 0.3) is 0 Å². The lowest BCUT2D eigenvalue weighted by molar-refractivity contribution is 0.627. The van der Waals surface area contributed by atoms with Crippen molar-refractivity contribution in [3.63, 3.8) is 0 Å². The standard InChI is InChI=1S/C11H11FN4/c1-16-10(14-15-11(16)13)6-5-8-3-2-4-9(12)7-8/h2-7H,1H3,(H2,13,15)/b6-5+. The van der Waals surface area contributed by atoms with Gasteiger partial charge in [-0.05, 0) is 23.8 Å². The predicted molar refractivity (Wildman–Crippen MR) is 60.7 cm³/mol. The average Bonchev–Trinajstić information content (AvgIpc) is 2.57. The molecule has 0 fully saturated rings. The molecule has 0 bridgehead atoms. The first-order valence-corrected chi connectivity index (χ1v) is 4.75. The van der Waals surface area contributed by atoms with Gasteiger partial charge in [0.15, 0.2) is 5.82 Å². The van der Waals surface area contributed by atoms with Crippen LogP contribution in [0.4, 0.5) is 10.3 Å². The molecule has 2 N–H and O–H groups in total. The quantitative estimate of drug-likeness (QED) is 0.834. The van der Waals surface area contributed by atoms with Crippen molar-refractivity contribution in [2.45, 2.75) is 0 Å². The summed E-state index contributed by atoms with van der Waals surface area (Å²) in [5.41, 5.74) is 6.29. The monoisotopic (exact) mass is 218 g/mol. The van der Waals surface area contributed by atoms with Crippen molar-refractivity contribution in [3.05, 3.63) is 41.5 Å². The summed E-state index contributed by atoms with van der Waals surface area (Å²) in [6.07, 6.45) is 3.49. The van der Waals surface area contributed by atoms with Crippen LogP contribution in [0.3, 0.4) is 0 Å². The van der Waals surface area contributed by atoms with Crippen LogP contribution in [0.5, 0.6) is 0 Å². The van der Waals surface area contributed by atoms with Crippen molar-refractivity contribution in [3.8, 4) is 0 Å². The smallest absolute Gasteiger partial charge is 0.221 e. The second-order valence-corrected chi connectivity index (χ2v) is 3.36. The molecule has 16 heavy (non-hydrogen) atoms. The van der Waals surface area contributed by atoms with Gasteiger partial charge in [0.1, 0.15) is 5.82 Å². The molecule has 82 valence electrons. The number of nitrogens with two attached hydrogens (primary N) is 1. The first-order valence-electron chi connectivity index (χ1n) is 4.75. The predicted octanol–water partition coefficient (Wildman–Crippen LogP) is 1.71. The third kappa shape index (κ3) is 2.08. The van der Waals surface area contributed by atoms with E-state index in [-0.39, 0.29) is 5.82 Å². The minimum Gasteiger partial charge on any atom is -0.368 e. The number of nitrogen functional groups attached to an aromatic ring is 1. The van der Waals surface area contributed by atoms with Gasteiger partial charge in [0.05, 0.1) is 0 Å².